The zero-order valence-electron chi connectivity index (χ0n) is 10.6. The summed E-state index contributed by atoms with van der Waals surface area (Å²) in [6.45, 7) is 1.62. The summed E-state index contributed by atoms with van der Waals surface area (Å²) in [4.78, 5) is 10.4. The number of hydrogen-bond donors (Lipinski definition) is 0. The second-order valence-electron chi connectivity index (χ2n) is 4.21. The molecular formula is C14H11ClFNO3. The molecule has 0 aliphatic rings. The summed E-state index contributed by atoms with van der Waals surface area (Å²) >= 11 is 5.64. The predicted octanol–water partition coefficient (Wildman–Crippen LogP) is 4.57. The predicted molar refractivity (Wildman–Crippen MR) is 73.9 cm³/mol. The second-order valence-corrected chi connectivity index (χ2v) is 4.47. The number of halogens is 2. The van der Waals surface area contributed by atoms with E-state index in [4.69, 9.17) is 16.3 Å². The molecule has 20 heavy (non-hydrogen) atoms. The molecule has 0 aliphatic heterocycles. The monoisotopic (exact) mass is 295 g/mol. The standard InChI is InChI=1S/C14H11ClFNO3/c1-9-2-4-11(7-12(9)16)20-14-5-3-10(8-15)6-13(14)17(18)19/h2-7H,8H2,1H3. The quantitative estimate of drug-likeness (QED) is 0.471. The fraction of sp³-hybridized carbons (Fsp3) is 0.143. The van der Waals surface area contributed by atoms with Gasteiger partial charge in [-0.3, -0.25) is 10.1 Å². The molecule has 104 valence electrons. The van der Waals surface area contributed by atoms with Crippen molar-refractivity contribution in [2.45, 2.75) is 12.8 Å². The Morgan fingerprint density at radius 3 is 2.65 bits per heavy atom. The van der Waals surface area contributed by atoms with E-state index < -0.39 is 10.7 Å². The topological polar surface area (TPSA) is 52.4 Å². The summed E-state index contributed by atoms with van der Waals surface area (Å²) in [5.41, 5.74) is 0.884. The van der Waals surface area contributed by atoms with Crippen LogP contribution in [0.15, 0.2) is 36.4 Å². The summed E-state index contributed by atoms with van der Waals surface area (Å²) in [6.07, 6.45) is 0. The smallest absolute Gasteiger partial charge is 0.311 e. The van der Waals surface area contributed by atoms with Crippen molar-refractivity contribution in [3.8, 4) is 11.5 Å². The molecule has 0 heterocycles. The van der Waals surface area contributed by atoms with Crippen LogP contribution >= 0.6 is 11.6 Å². The third kappa shape index (κ3) is 3.05. The van der Waals surface area contributed by atoms with Crippen molar-refractivity contribution in [3.05, 3.63) is 63.5 Å². The maximum absolute atomic E-state index is 13.4. The van der Waals surface area contributed by atoms with Gasteiger partial charge in [-0.25, -0.2) is 4.39 Å². The van der Waals surface area contributed by atoms with Gasteiger partial charge in [-0.15, -0.1) is 11.6 Å². The maximum Gasteiger partial charge on any atom is 0.311 e. The van der Waals surface area contributed by atoms with Gasteiger partial charge in [-0.1, -0.05) is 12.1 Å². The van der Waals surface area contributed by atoms with Crippen LogP contribution in [0.1, 0.15) is 11.1 Å². The number of nitro groups is 1. The highest BCUT2D eigenvalue weighted by atomic mass is 35.5. The van der Waals surface area contributed by atoms with Crippen LogP contribution in [0.3, 0.4) is 0 Å². The first-order chi connectivity index (χ1) is 9.51. The van der Waals surface area contributed by atoms with Crippen LogP contribution in [0.4, 0.5) is 10.1 Å². The van der Waals surface area contributed by atoms with Gasteiger partial charge in [0, 0.05) is 18.0 Å². The third-order valence-corrected chi connectivity index (χ3v) is 3.05. The van der Waals surface area contributed by atoms with Gasteiger partial charge in [0.2, 0.25) is 5.75 Å². The largest absolute Gasteiger partial charge is 0.450 e. The molecule has 0 spiro atoms. The maximum atomic E-state index is 13.4. The van der Waals surface area contributed by atoms with E-state index in [9.17, 15) is 14.5 Å². The molecule has 2 rings (SSSR count). The SMILES string of the molecule is Cc1ccc(Oc2ccc(CCl)cc2[N+](=O)[O-])cc1F. The van der Waals surface area contributed by atoms with Crippen LogP contribution in [0.2, 0.25) is 0 Å². The average Bonchev–Trinajstić information content (AvgIpc) is 2.43. The normalized spacial score (nSPS) is 10.3. The minimum atomic E-state index is -0.560. The van der Waals surface area contributed by atoms with E-state index in [2.05, 4.69) is 0 Å². The van der Waals surface area contributed by atoms with Gasteiger partial charge in [-0.2, -0.15) is 0 Å². The van der Waals surface area contributed by atoms with Crippen molar-refractivity contribution in [2.24, 2.45) is 0 Å². The van der Waals surface area contributed by atoms with E-state index in [-0.39, 0.29) is 23.1 Å². The number of benzene rings is 2. The number of hydrogen-bond acceptors (Lipinski definition) is 3. The molecule has 0 N–H and O–H groups in total. The molecule has 0 aromatic heterocycles. The van der Waals surface area contributed by atoms with E-state index in [0.717, 1.165) is 0 Å². The van der Waals surface area contributed by atoms with E-state index in [1.165, 1.54) is 18.2 Å². The molecule has 0 unspecified atom stereocenters. The Morgan fingerprint density at radius 2 is 2.05 bits per heavy atom. The third-order valence-electron chi connectivity index (χ3n) is 2.75. The molecule has 0 radical (unpaired) electrons. The Balaban J connectivity index is 2.37. The highest BCUT2D eigenvalue weighted by molar-refractivity contribution is 6.17. The molecule has 2 aromatic carbocycles. The molecule has 0 amide bonds. The Labute approximate surface area is 119 Å². The molecule has 4 nitrogen and oxygen atoms in total. The first-order valence-electron chi connectivity index (χ1n) is 5.78. The Hall–Kier alpha value is -2.14. The van der Waals surface area contributed by atoms with Crippen molar-refractivity contribution in [1.29, 1.82) is 0 Å². The summed E-state index contributed by atoms with van der Waals surface area (Å²) in [5, 5.41) is 11.0. The van der Waals surface area contributed by atoms with Gasteiger partial charge in [0.15, 0.2) is 0 Å². The van der Waals surface area contributed by atoms with Crippen LogP contribution in [-0.4, -0.2) is 4.92 Å². The number of aryl methyl sites for hydroxylation is 1. The Kier molecular flexibility index (Phi) is 4.20. The number of alkyl halides is 1. The van der Waals surface area contributed by atoms with E-state index in [1.807, 2.05) is 0 Å². The molecule has 0 bridgehead atoms. The van der Waals surface area contributed by atoms with Crippen molar-refractivity contribution >= 4 is 17.3 Å². The van der Waals surface area contributed by atoms with Gasteiger partial charge in [-0.05, 0) is 30.2 Å². The summed E-state index contributed by atoms with van der Waals surface area (Å²) < 4.78 is 18.8. The number of rotatable bonds is 4. The van der Waals surface area contributed by atoms with Gasteiger partial charge in [0.1, 0.15) is 11.6 Å². The minimum Gasteiger partial charge on any atom is -0.450 e. The minimum absolute atomic E-state index is 0.0483. The molecule has 0 aliphatic carbocycles. The fourth-order valence-electron chi connectivity index (χ4n) is 1.64. The number of nitrogens with zero attached hydrogens (tertiary/aromatic N) is 1. The molecule has 0 fully saturated rings. The lowest BCUT2D eigenvalue weighted by Crippen LogP contribution is -1.95. The average molecular weight is 296 g/mol. The van der Waals surface area contributed by atoms with Crippen LogP contribution < -0.4 is 4.74 Å². The molecule has 2 aromatic rings. The molecule has 0 atom stereocenters. The lowest BCUT2D eigenvalue weighted by Gasteiger charge is -2.08. The second kappa shape index (κ2) is 5.88. The van der Waals surface area contributed by atoms with Gasteiger partial charge < -0.3 is 4.74 Å². The fourth-order valence-corrected chi connectivity index (χ4v) is 1.81. The number of nitro benzene ring substituents is 1. The van der Waals surface area contributed by atoms with E-state index >= 15 is 0 Å². The van der Waals surface area contributed by atoms with Gasteiger partial charge >= 0.3 is 5.69 Å². The van der Waals surface area contributed by atoms with Crippen molar-refractivity contribution in [1.82, 2.24) is 0 Å². The van der Waals surface area contributed by atoms with Crippen molar-refractivity contribution in [2.75, 3.05) is 0 Å². The van der Waals surface area contributed by atoms with Crippen LogP contribution in [0, 0.1) is 22.9 Å². The summed E-state index contributed by atoms with van der Waals surface area (Å²) in [7, 11) is 0. The van der Waals surface area contributed by atoms with E-state index in [0.29, 0.717) is 11.1 Å². The molecular weight excluding hydrogens is 285 g/mol. The van der Waals surface area contributed by atoms with Crippen LogP contribution in [0.25, 0.3) is 0 Å². The summed E-state index contributed by atoms with van der Waals surface area (Å²) in [6, 6.07) is 8.70. The van der Waals surface area contributed by atoms with Crippen LogP contribution in [0.5, 0.6) is 11.5 Å². The zero-order valence-corrected chi connectivity index (χ0v) is 11.4. The summed E-state index contributed by atoms with van der Waals surface area (Å²) in [5.74, 6) is -0.00947. The van der Waals surface area contributed by atoms with Crippen LogP contribution in [-0.2, 0) is 5.88 Å². The first kappa shape index (κ1) is 14.3. The highest BCUT2D eigenvalue weighted by Gasteiger charge is 2.17. The van der Waals surface area contributed by atoms with Crippen molar-refractivity contribution < 1.29 is 14.1 Å². The molecule has 0 saturated carbocycles. The van der Waals surface area contributed by atoms with E-state index in [1.54, 1.807) is 25.1 Å². The zero-order chi connectivity index (χ0) is 14.7. The lowest BCUT2D eigenvalue weighted by molar-refractivity contribution is -0.385. The Bertz CT molecular complexity index is 661. The van der Waals surface area contributed by atoms with Gasteiger partial charge in [0.05, 0.1) is 4.92 Å². The molecule has 0 saturated heterocycles. The highest BCUT2D eigenvalue weighted by Crippen LogP contribution is 2.33. The first-order valence-corrected chi connectivity index (χ1v) is 6.32. The molecule has 6 heteroatoms. The number of ether oxygens (including phenoxy) is 1. The van der Waals surface area contributed by atoms with Crippen molar-refractivity contribution in [3.63, 3.8) is 0 Å². The van der Waals surface area contributed by atoms with Gasteiger partial charge in [0.25, 0.3) is 0 Å². The lowest BCUT2D eigenvalue weighted by atomic mass is 10.2. The Morgan fingerprint density at radius 1 is 1.30 bits per heavy atom.